The van der Waals surface area contributed by atoms with Crippen molar-refractivity contribution in [2.45, 2.75) is 70.8 Å². The fourth-order valence-electron chi connectivity index (χ4n) is 3.46. The molecule has 1 aromatic carbocycles. The highest BCUT2D eigenvalue weighted by atomic mass is 14.7. The Kier molecular flexibility index (Phi) is 4.67. The molecule has 2 atom stereocenters. The van der Waals surface area contributed by atoms with Crippen LogP contribution in [-0.2, 0) is 6.42 Å². The van der Waals surface area contributed by atoms with E-state index in [-0.39, 0.29) is 5.54 Å². The molecule has 0 spiro atoms. The van der Waals surface area contributed by atoms with E-state index in [1.807, 2.05) is 0 Å². The molecule has 0 saturated heterocycles. The Bertz CT molecular complexity index is 393. The zero-order valence-corrected chi connectivity index (χ0v) is 12.8. The van der Waals surface area contributed by atoms with Crippen LogP contribution in [0.15, 0.2) is 24.3 Å². The van der Waals surface area contributed by atoms with Crippen LogP contribution in [-0.4, -0.2) is 5.54 Å². The topological polar surface area (TPSA) is 26.0 Å². The molecule has 1 heteroatoms. The molecule has 0 aromatic heterocycles. The Labute approximate surface area is 118 Å². The minimum Gasteiger partial charge on any atom is -0.325 e. The molecule has 1 aliphatic rings. The largest absolute Gasteiger partial charge is 0.325 e. The predicted octanol–water partition coefficient (Wildman–Crippen LogP) is 4.65. The summed E-state index contributed by atoms with van der Waals surface area (Å²) >= 11 is 0. The highest BCUT2D eigenvalue weighted by Crippen LogP contribution is 2.34. The highest BCUT2D eigenvalue weighted by molar-refractivity contribution is 5.26. The second-order valence-corrected chi connectivity index (χ2v) is 6.81. The van der Waals surface area contributed by atoms with Crippen molar-refractivity contribution < 1.29 is 0 Å². The van der Waals surface area contributed by atoms with Gasteiger partial charge in [-0.3, -0.25) is 0 Å². The molecule has 0 radical (unpaired) electrons. The van der Waals surface area contributed by atoms with E-state index in [2.05, 4.69) is 45.0 Å². The Hall–Kier alpha value is -0.820. The Balaban J connectivity index is 2.03. The summed E-state index contributed by atoms with van der Waals surface area (Å²) in [6.45, 7) is 6.78. The molecule has 1 aliphatic carbocycles. The van der Waals surface area contributed by atoms with E-state index in [0.29, 0.717) is 5.92 Å². The number of benzene rings is 1. The number of hydrogen-bond donors (Lipinski definition) is 1. The maximum atomic E-state index is 6.65. The second-order valence-electron chi connectivity index (χ2n) is 6.81. The molecule has 2 N–H and O–H groups in total. The summed E-state index contributed by atoms with van der Waals surface area (Å²) < 4.78 is 0. The fourth-order valence-corrected chi connectivity index (χ4v) is 3.46. The lowest BCUT2D eigenvalue weighted by Crippen LogP contribution is -2.46. The standard InChI is InChI=1S/C18H29N/c1-4-15-6-5-11-18(19,12-15)13-16-7-9-17(10-8-16)14(2)3/h7-10,14-15H,4-6,11-13,19H2,1-3H3. The normalized spacial score (nSPS) is 27.7. The molecule has 106 valence electrons. The van der Waals surface area contributed by atoms with Crippen molar-refractivity contribution in [1.82, 2.24) is 0 Å². The van der Waals surface area contributed by atoms with E-state index in [9.17, 15) is 0 Å². The van der Waals surface area contributed by atoms with E-state index in [1.54, 1.807) is 0 Å². The lowest BCUT2D eigenvalue weighted by molar-refractivity contribution is 0.218. The van der Waals surface area contributed by atoms with Gasteiger partial charge < -0.3 is 5.73 Å². The average molecular weight is 259 g/mol. The molecule has 2 unspecified atom stereocenters. The number of nitrogens with two attached hydrogens (primary N) is 1. The smallest absolute Gasteiger partial charge is 0.0197 e. The molecule has 19 heavy (non-hydrogen) atoms. The van der Waals surface area contributed by atoms with Crippen LogP contribution in [0.3, 0.4) is 0 Å². The first-order chi connectivity index (χ1) is 9.02. The third-order valence-electron chi connectivity index (χ3n) is 4.76. The van der Waals surface area contributed by atoms with Gasteiger partial charge in [0.25, 0.3) is 0 Å². The van der Waals surface area contributed by atoms with Crippen LogP contribution in [0.25, 0.3) is 0 Å². The summed E-state index contributed by atoms with van der Waals surface area (Å²) in [4.78, 5) is 0. The molecule has 0 amide bonds. The summed E-state index contributed by atoms with van der Waals surface area (Å²) in [5, 5.41) is 0. The Morgan fingerprint density at radius 1 is 1.26 bits per heavy atom. The summed E-state index contributed by atoms with van der Waals surface area (Å²) in [6, 6.07) is 9.09. The maximum absolute atomic E-state index is 6.65. The van der Waals surface area contributed by atoms with Gasteiger partial charge in [0, 0.05) is 5.54 Å². The molecule has 2 rings (SSSR count). The van der Waals surface area contributed by atoms with Crippen LogP contribution in [0.1, 0.15) is 69.9 Å². The van der Waals surface area contributed by atoms with Gasteiger partial charge in [-0.2, -0.15) is 0 Å². The molecule has 1 saturated carbocycles. The molecule has 0 heterocycles. The fraction of sp³-hybridized carbons (Fsp3) is 0.667. The number of hydrogen-bond acceptors (Lipinski definition) is 1. The molecule has 1 nitrogen and oxygen atoms in total. The van der Waals surface area contributed by atoms with Crippen LogP contribution in [0.2, 0.25) is 0 Å². The first-order valence-corrected chi connectivity index (χ1v) is 7.90. The third kappa shape index (κ3) is 3.82. The maximum Gasteiger partial charge on any atom is 0.0197 e. The molecular formula is C18H29N. The van der Waals surface area contributed by atoms with Crippen LogP contribution in [0, 0.1) is 5.92 Å². The Morgan fingerprint density at radius 3 is 2.53 bits per heavy atom. The van der Waals surface area contributed by atoms with Crippen molar-refractivity contribution in [3.05, 3.63) is 35.4 Å². The van der Waals surface area contributed by atoms with E-state index in [4.69, 9.17) is 5.73 Å². The monoisotopic (exact) mass is 259 g/mol. The van der Waals surface area contributed by atoms with Crippen molar-refractivity contribution in [2.24, 2.45) is 11.7 Å². The quantitative estimate of drug-likeness (QED) is 0.837. The summed E-state index contributed by atoms with van der Waals surface area (Å²) in [5.74, 6) is 1.45. The van der Waals surface area contributed by atoms with Gasteiger partial charge >= 0.3 is 0 Å². The van der Waals surface area contributed by atoms with E-state index < -0.39 is 0 Å². The van der Waals surface area contributed by atoms with Gasteiger partial charge in [0.2, 0.25) is 0 Å². The van der Waals surface area contributed by atoms with Gasteiger partial charge in [0.1, 0.15) is 0 Å². The van der Waals surface area contributed by atoms with Gasteiger partial charge in [-0.15, -0.1) is 0 Å². The first-order valence-electron chi connectivity index (χ1n) is 7.90. The van der Waals surface area contributed by atoms with Crippen molar-refractivity contribution in [3.63, 3.8) is 0 Å². The van der Waals surface area contributed by atoms with Crippen molar-refractivity contribution in [2.75, 3.05) is 0 Å². The highest BCUT2D eigenvalue weighted by Gasteiger charge is 2.31. The molecule has 1 fully saturated rings. The minimum atomic E-state index is 0.0400. The van der Waals surface area contributed by atoms with E-state index in [0.717, 1.165) is 12.3 Å². The average Bonchev–Trinajstić information content (AvgIpc) is 2.38. The molecule has 1 aromatic rings. The van der Waals surface area contributed by atoms with Crippen LogP contribution >= 0.6 is 0 Å². The van der Waals surface area contributed by atoms with Crippen molar-refractivity contribution >= 4 is 0 Å². The zero-order valence-electron chi connectivity index (χ0n) is 12.8. The van der Waals surface area contributed by atoms with Crippen molar-refractivity contribution in [1.29, 1.82) is 0 Å². The van der Waals surface area contributed by atoms with Gasteiger partial charge in [0.05, 0.1) is 0 Å². The predicted molar refractivity (Wildman–Crippen MR) is 83.4 cm³/mol. The SMILES string of the molecule is CCC1CCCC(N)(Cc2ccc(C(C)C)cc2)C1. The summed E-state index contributed by atoms with van der Waals surface area (Å²) in [6.07, 6.45) is 7.40. The van der Waals surface area contributed by atoms with Crippen LogP contribution < -0.4 is 5.73 Å². The van der Waals surface area contributed by atoms with E-state index >= 15 is 0 Å². The number of rotatable bonds is 4. The van der Waals surface area contributed by atoms with Crippen LogP contribution in [0.4, 0.5) is 0 Å². The van der Waals surface area contributed by atoms with E-state index in [1.165, 1.54) is 43.2 Å². The Morgan fingerprint density at radius 2 is 1.95 bits per heavy atom. The first kappa shape index (κ1) is 14.6. The lowest BCUT2D eigenvalue weighted by Gasteiger charge is -2.38. The zero-order chi connectivity index (χ0) is 13.9. The third-order valence-corrected chi connectivity index (χ3v) is 4.76. The lowest BCUT2D eigenvalue weighted by atomic mass is 9.72. The van der Waals surface area contributed by atoms with Gasteiger partial charge in [-0.05, 0) is 42.2 Å². The molecular weight excluding hydrogens is 230 g/mol. The van der Waals surface area contributed by atoms with Crippen LogP contribution in [0.5, 0.6) is 0 Å². The summed E-state index contributed by atoms with van der Waals surface area (Å²) in [7, 11) is 0. The van der Waals surface area contributed by atoms with Crippen molar-refractivity contribution in [3.8, 4) is 0 Å². The molecule has 0 bridgehead atoms. The van der Waals surface area contributed by atoms with Gasteiger partial charge in [-0.1, -0.05) is 64.3 Å². The van der Waals surface area contributed by atoms with Gasteiger partial charge in [-0.25, -0.2) is 0 Å². The van der Waals surface area contributed by atoms with Gasteiger partial charge in [0.15, 0.2) is 0 Å². The molecule has 0 aliphatic heterocycles. The minimum absolute atomic E-state index is 0.0400. The second kappa shape index (κ2) is 6.09. The summed E-state index contributed by atoms with van der Waals surface area (Å²) in [5.41, 5.74) is 9.52.